The summed E-state index contributed by atoms with van der Waals surface area (Å²) in [5, 5.41) is 6.47. The molecule has 1 aromatic carbocycles. The molecule has 6 heteroatoms. The van der Waals surface area contributed by atoms with E-state index in [1.807, 2.05) is 0 Å². The van der Waals surface area contributed by atoms with Crippen LogP contribution < -0.4 is 0 Å². The molecular weight excluding hydrogens is 241 g/mol. The molecule has 0 spiro atoms. The Morgan fingerprint density at radius 3 is 3.00 bits per heavy atom. The van der Waals surface area contributed by atoms with Gasteiger partial charge in [0.15, 0.2) is 0 Å². The lowest BCUT2D eigenvalue weighted by Gasteiger charge is -1.94. The number of aromatic nitrogens is 2. The summed E-state index contributed by atoms with van der Waals surface area (Å²) >= 11 is 3.03. The second-order valence-electron chi connectivity index (χ2n) is 2.41. The van der Waals surface area contributed by atoms with Gasteiger partial charge in [-0.15, -0.1) is 9.70 Å². The molecule has 0 bridgehead atoms. The van der Waals surface area contributed by atoms with E-state index < -0.39 is 5.82 Å². The van der Waals surface area contributed by atoms with Crippen molar-refractivity contribution in [1.29, 1.82) is 0 Å². The molecule has 1 aromatic heterocycles. The third-order valence-electron chi connectivity index (χ3n) is 1.70. The van der Waals surface area contributed by atoms with Gasteiger partial charge in [0.25, 0.3) is 0 Å². The Labute approximate surface area is 80.4 Å². The topological polar surface area (TPSA) is 47.2 Å². The van der Waals surface area contributed by atoms with Crippen LogP contribution in [-0.2, 0) is 0 Å². The Bertz CT molecular complexity index is 482. The summed E-state index contributed by atoms with van der Waals surface area (Å²) < 4.78 is 13.6. The first-order valence-corrected chi connectivity index (χ1v) is 4.18. The highest BCUT2D eigenvalue weighted by Gasteiger charge is 2.09. The van der Waals surface area contributed by atoms with Crippen molar-refractivity contribution in [3.63, 3.8) is 0 Å². The Kier molecular flexibility index (Phi) is 1.84. The Balaban J connectivity index is 2.88. The molecule has 0 unspecified atom stereocenters. The van der Waals surface area contributed by atoms with Gasteiger partial charge in [0, 0.05) is 0 Å². The van der Waals surface area contributed by atoms with E-state index in [1.54, 1.807) is 6.07 Å². The molecule has 13 heavy (non-hydrogen) atoms. The molecule has 0 atom stereocenters. The average Bonchev–Trinajstić information content (AvgIpc) is 2.55. The minimum absolute atomic E-state index is 0.272. The van der Waals surface area contributed by atoms with Gasteiger partial charge in [-0.2, -0.15) is 5.10 Å². The highest BCUT2D eigenvalue weighted by Crippen LogP contribution is 2.24. The van der Waals surface area contributed by atoms with Crippen LogP contribution in [0.1, 0.15) is 0 Å². The fraction of sp³-hybridized carbons (Fsp3) is 0. The van der Waals surface area contributed by atoms with Crippen LogP contribution in [0.5, 0.6) is 0 Å². The van der Waals surface area contributed by atoms with Gasteiger partial charge in [-0.05, 0) is 28.1 Å². The molecule has 0 saturated carbocycles. The van der Waals surface area contributed by atoms with Crippen molar-refractivity contribution in [1.82, 2.24) is 9.89 Å². The second-order valence-corrected chi connectivity index (χ2v) is 3.26. The van der Waals surface area contributed by atoms with E-state index in [1.165, 1.54) is 12.3 Å². The molecule has 0 aliphatic rings. The van der Waals surface area contributed by atoms with Crippen LogP contribution in [0.4, 0.5) is 4.39 Å². The van der Waals surface area contributed by atoms with Crippen molar-refractivity contribution >= 4 is 26.8 Å². The van der Waals surface area contributed by atoms with E-state index in [0.29, 0.717) is 9.99 Å². The number of rotatable bonds is 1. The molecule has 0 aliphatic carbocycles. The number of fused-ring (bicyclic) bond motifs is 1. The molecule has 0 N–H and O–H groups in total. The first kappa shape index (κ1) is 8.31. The van der Waals surface area contributed by atoms with E-state index in [4.69, 9.17) is 0 Å². The predicted octanol–water partition coefficient (Wildman–Crippen LogP) is 2.47. The standard InChI is InChI=1S/C7H3BrFN3O/c8-5-1-2-6-4(7(5)9)3-10-12(6)11-13/h1-3H. The van der Waals surface area contributed by atoms with Crippen LogP contribution in [-0.4, -0.2) is 9.89 Å². The van der Waals surface area contributed by atoms with Crippen LogP contribution in [0.15, 0.2) is 28.1 Å². The van der Waals surface area contributed by atoms with Crippen LogP contribution in [0, 0.1) is 10.7 Å². The normalized spacial score (nSPS) is 10.6. The SMILES string of the molecule is O=Nn1ncc2c(F)c(Br)ccc21. The Hall–Kier alpha value is -1.30. The highest BCUT2D eigenvalue weighted by molar-refractivity contribution is 9.10. The van der Waals surface area contributed by atoms with E-state index >= 15 is 0 Å². The Morgan fingerprint density at radius 1 is 1.54 bits per heavy atom. The number of halogens is 2. The minimum atomic E-state index is -0.438. The highest BCUT2D eigenvalue weighted by atomic mass is 79.9. The fourth-order valence-electron chi connectivity index (χ4n) is 1.09. The van der Waals surface area contributed by atoms with Crippen LogP contribution >= 0.6 is 15.9 Å². The summed E-state index contributed by atoms with van der Waals surface area (Å²) in [5.74, 6) is -0.438. The van der Waals surface area contributed by atoms with Crippen molar-refractivity contribution in [2.24, 2.45) is 5.29 Å². The molecule has 0 fully saturated rings. The Morgan fingerprint density at radius 2 is 2.31 bits per heavy atom. The molecule has 0 radical (unpaired) electrons. The lowest BCUT2D eigenvalue weighted by Crippen LogP contribution is -1.87. The van der Waals surface area contributed by atoms with Gasteiger partial charge in [0.1, 0.15) is 11.3 Å². The molecule has 2 aromatic rings. The number of benzene rings is 1. The summed E-state index contributed by atoms with van der Waals surface area (Å²) in [7, 11) is 0. The van der Waals surface area contributed by atoms with Crippen LogP contribution in [0.2, 0.25) is 0 Å². The third kappa shape index (κ3) is 1.14. The van der Waals surface area contributed by atoms with Gasteiger partial charge in [-0.3, -0.25) is 0 Å². The van der Waals surface area contributed by atoms with E-state index in [9.17, 15) is 9.30 Å². The fourth-order valence-corrected chi connectivity index (χ4v) is 1.44. The summed E-state index contributed by atoms with van der Waals surface area (Å²) in [4.78, 5) is 11.0. The third-order valence-corrected chi connectivity index (χ3v) is 2.31. The maximum Gasteiger partial charge on any atom is 0.148 e. The first-order valence-electron chi connectivity index (χ1n) is 3.39. The molecule has 0 aliphatic heterocycles. The van der Waals surface area contributed by atoms with Crippen molar-refractivity contribution in [3.8, 4) is 0 Å². The summed E-state index contributed by atoms with van der Waals surface area (Å²) in [6, 6.07) is 3.07. The van der Waals surface area contributed by atoms with Gasteiger partial charge in [0.05, 0.1) is 21.3 Å². The van der Waals surface area contributed by atoms with E-state index in [-0.39, 0.29) is 5.39 Å². The second kappa shape index (κ2) is 2.88. The zero-order valence-corrected chi connectivity index (χ0v) is 7.82. The summed E-state index contributed by atoms with van der Waals surface area (Å²) in [5.41, 5.74) is 0.357. The zero-order chi connectivity index (χ0) is 9.42. The van der Waals surface area contributed by atoms with Crippen LogP contribution in [0.25, 0.3) is 10.9 Å². The minimum Gasteiger partial charge on any atom is -0.205 e. The summed E-state index contributed by atoms with van der Waals surface area (Å²) in [6.45, 7) is 0. The number of hydrogen-bond donors (Lipinski definition) is 0. The van der Waals surface area contributed by atoms with E-state index in [0.717, 1.165) is 4.79 Å². The number of nitroso groups, excluding NO2 is 1. The number of hydrogen-bond acceptors (Lipinski definition) is 3. The quantitative estimate of drug-likeness (QED) is 0.723. The van der Waals surface area contributed by atoms with Crippen molar-refractivity contribution in [3.05, 3.63) is 33.5 Å². The molecule has 2 rings (SSSR count). The maximum absolute atomic E-state index is 13.3. The maximum atomic E-state index is 13.3. The average molecular weight is 244 g/mol. The van der Waals surface area contributed by atoms with Crippen molar-refractivity contribution in [2.45, 2.75) is 0 Å². The van der Waals surface area contributed by atoms with Gasteiger partial charge in [-0.1, -0.05) is 0 Å². The molecule has 4 nitrogen and oxygen atoms in total. The molecular formula is C7H3BrFN3O. The monoisotopic (exact) mass is 243 g/mol. The first-order chi connectivity index (χ1) is 6.24. The van der Waals surface area contributed by atoms with E-state index in [2.05, 4.69) is 26.3 Å². The van der Waals surface area contributed by atoms with Gasteiger partial charge >= 0.3 is 0 Å². The smallest absolute Gasteiger partial charge is 0.148 e. The predicted molar refractivity (Wildman–Crippen MR) is 48.6 cm³/mol. The molecule has 0 saturated heterocycles. The number of nitrogens with zero attached hydrogens (tertiary/aromatic N) is 3. The largest absolute Gasteiger partial charge is 0.205 e. The molecule has 66 valence electrons. The zero-order valence-electron chi connectivity index (χ0n) is 6.24. The lowest BCUT2D eigenvalue weighted by atomic mass is 10.2. The van der Waals surface area contributed by atoms with Gasteiger partial charge < -0.3 is 0 Å². The van der Waals surface area contributed by atoms with Crippen molar-refractivity contribution in [2.75, 3.05) is 0 Å². The van der Waals surface area contributed by atoms with Crippen LogP contribution in [0.3, 0.4) is 0 Å². The van der Waals surface area contributed by atoms with Gasteiger partial charge in [0.2, 0.25) is 0 Å². The van der Waals surface area contributed by atoms with Gasteiger partial charge in [-0.25, -0.2) is 4.39 Å². The summed E-state index contributed by atoms with van der Waals surface area (Å²) in [6.07, 6.45) is 1.26. The van der Waals surface area contributed by atoms with Crippen molar-refractivity contribution < 1.29 is 4.39 Å². The molecule has 1 heterocycles. The molecule has 0 amide bonds. The lowest BCUT2D eigenvalue weighted by molar-refractivity contribution is 0.633.